The van der Waals surface area contributed by atoms with E-state index >= 15 is 0 Å². The minimum absolute atomic E-state index is 0.326. The molecule has 19 heavy (non-hydrogen) atoms. The normalized spacial score (nSPS) is 12.0. The van der Waals surface area contributed by atoms with Crippen LogP contribution in [-0.4, -0.2) is 28.1 Å². The predicted octanol–water partition coefficient (Wildman–Crippen LogP) is 2.09. The van der Waals surface area contributed by atoms with Crippen molar-refractivity contribution in [2.45, 2.75) is 38.0 Å². The van der Waals surface area contributed by atoms with Crippen LogP contribution >= 0.6 is 0 Å². The maximum atomic E-state index is 12.0. The first kappa shape index (κ1) is 16.1. The van der Waals surface area contributed by atoms with Gasteiger partial charge < -0.3 is 5.32 Å². The zero-order valence-corrected chi connectivity index (χ0v) is 12.8. The minimum atomic E-state index is -3.38. The van der Waals surface area contributed by atoms with Crippen LogP contribution in [0.25, 0.3) is 0 Å². The molecule has 4 nitrogen and oxygen atoms in total. The van der Waals surface area contributed by atoms with Crippen molar-refractivity contribution < 1.29 is 8.42 Å². The molecule has 0 amide bonds. The van der Waals surface area contributed by atoms with Gasteiger partial charge in [-0.25, -0.2) is 13.1 Å². The molecule has 0 aliphatic heterocycles. The number of nitrogens with one attached hydrogen (secondary N) is 2. The van der Waals surface area contributed by atoms with Gasteiger partial charge in [-0.2, -0.15) is 0 Å². The third kappa shape index (κ3) is 5.30. The summed E-state index contributed by atoms with van der Waals surface area (Å²) in [5.74, 6) is 0.406. The molecule has 0 saturated heterocycles. The van der Waals surface area contributed by atoms with Crippen LogP contribution in [-0.2, 0) is 10.0 Å². The second kappa shape index (κ2) is 7.62. The number of sulfonamides is 1. The summed E-state index contributed by atoms with van der Waals surface area (Å²) in [4.78, 5) is 0.326. The molecule has 1 rings (SSSR count). The molecule has 0 fully saturated rings. The van der Waals surface area contributed by atoms with Crippen LogP contribution in [0.15, 0.2) is 29.2 Å². The van der Waals surface area contributed by atoms with Gasteiger partial charge in [0.2, 0.25) is 10.0 Å². The molecule has 0 spiro atoms. The van der Waals surface area contributed by atoms with E-state index in [1.54, 1.807) is 12.1 Å². The second-order valence-corrected chi connectivity index (χ2v) is 6.64. The van der Waals surface area contributed by atoms with Gasteiger partial charge in [-0.3, -0.25) is 0 Å². The molecular weight excluding hydrogens is 260 g/mol. The van der Waals surface area contributed by atoms with E-state index in [4.69, 9.17) is 0 Å². The van der Waals surface area contributed by atoms with Crippen molar-refractivity contribution >= 4 is 10.0 Å². The highest BCUT2D eigenvalue weighted by molar-refractivity contribution is 7.89. The average Bonchev–Trinajstić information content (AvgIpc) is 2.38. The van der Waals surface area contributed by atoms with Crippen LogP contribution in [0.5, 0.6) is 0 Å². The number of hydrogen-bond acceptors (Lipinski definition) is 3. The molecule has 5 heteroatoms. The molecule has 0 heterocycles. The van der Waals surface area contributed by atoms with Gasteiger partial charge in [0.1, 0.15) is 0 Å². The van der Waals surface area contributed by atoms with Gasteiger partial charge in [0.25, 0.3) is 0 Å². The van der Waals surface area contributed by atoms with Crippen LogP contribution in [0.4, 0.5) is 0 Å². The largest absolute Gasteiger partial charge is 0.315 e. The highest BCUT2D eigenvalue weighted by Crippen LogP contribution is 2.16. The van der Waals surface area contributed by atoms with Crippen molar-refractivity contribution in [1.29, 1.82) is 0 Å². The molecule has 1 aromatic carbocycles. The summed E-state index contributed by atoms with van der Waals surface area (Å²) in [6.45, 7) is 8.21. The Morgan fingerprint density at radius 1 is 1.05 bits per heavy atom. The first-order chi connectivity index (χ1) is 8.97. The summed E-state index contributed by atoms with van der Waals surface area (Å²) < 4.78 is 26.6. The van der Waals surface area contributed by atoms with Gasteiger partial charge in [-0.15, -0.1) is 0 Å². The first-order valence-electron chi connectivity index (χ1n) is 6.77. The van der Waals surface area contributed by atoms with Gasteiger partial charge in [-0.05, 0) is 36.6 Å². The van der Waals surface area contributed by atoms with E-state index in [0.29, 0.717) is 23.9 Å². The molecule has 0 bridgehead atoms. The topological polar surface area (TPSA) is 58.2 Å². The summed E-state index contributed by atoms with van der Waals surface area (Å²) in [6, 6.07) is 7.07. The lowest BCUT2D eigenvalue weighted by atomic mass is 10.0. The summed E-state index contributed by atoms with van der Waals surface area (Å²) in [5, 5.41) is 3.16. The predicted molar refractivity (Wildman–Crippen MR) is 78.9 cm³/mol. The molecular formula is C14H24N2O2S. The Morgan fingerprint density at radius 2 is 1.68 bits per heavy atom. The first-order valence-corrected chi connectivity index (χ1v) is 8.26. The maximum absolute atomic E-state index is 12.0. The third-order valence-electron chi connectivity index (χ3n) is 2.88. The van der Waals surface area contributed by atoms with E-state index in [2.05, 4.69) is 30.8 Å². The molecule has 0 radical (unpaired) electrons. The maximum Gasteiger partial charge on any atom is 0.240 e. The Bertz CT molecular complexity index is 467. The van der Waals surface area contributed by atoms with Crippen LogP contribution in [0, 0.1) is 0 Å². The van der Waals surface area contributed by atoms with Crippen molar-refractivity contribution in [3.8, 4) is 0 Å². The van der Waals surface area contributed by atoms with E-state index < -0.39 is 10.0 Å². The Morgan fingerprint density at radius 3 is 2.21 bits per heavy atom. The highest BCUT2D eigenvalue weighted by Gasteiger charge is 2.13. The van der Waals surface area contributed by atoms with Crippen LogP contribution in [0.1, 0.15) is 38.7 Å². The monoisotopic (exact) mass is 284 g/mol. The molecule has 0 aliphatic rings. The molecule has 0 aliphatic carbocycles. The zero-order valence-electron chi connectivity index (χ0n) is 11.9. The van der Waals surface area contributed by atoms with E-state index in [1.807, 2.05) is 12.1 Å². The fourth-order valence-electron chi connectivity index (χ4n) is 1.69. The van der Waals surface area contributed by atoms with Gasteiger partial charge >= 0.3 is 0 Å². The van der Waals surface area contributed by atoms with Crippen molar-refractivity contribution in [2.75, 3.05) is 19.6 Å². The van der Waals surface area contributed by atoms with E-state index in [0.717, 1.165) is 18.5 Å². The molecule has 108 valence electrons. The standard InChI is InChI=1S/C14H24N2O2S/c1-4-9-15-10-11-16-19(17,18)14-7-5-13(6-8-14)12(2)3/h5-8,12,15-16H,4,9-11H2,1-3H3. The fourth-order valence-corrected chi connectivity index (χ4v) is 2.72. The lowest BCUT2D eigenvalue weighted by Gasteiger charge is -2.09. The highest BCUT2D eigenvalue weighted by atomic mass is 32.2. The van der Waals surface area contributed by atoms with Gasteiger partial charge in [-0.1, -0.05) is 32.9 Å². The summed E-state index contributed by atoms with van der Waals surface area (Å²) in [6.07, 6.45) is 1.05. The third-order valence-corrected chi connectivity index (χ3v) is 4.35. The van der Waals surface area contributed by atoms with Crippen molar-refractivity contribution in [1.82, 2.24) is 10.0 Å². The molecule has 0 saturated carbocycles. The lowest BCUT2D eigenvalue weighted by Crippen LogP contribution is -2.32. The average molecular weight is 284 g/mol. The smallest absolute Gasteiger partial charge is 0.240 e. The Balaban J connectivity index is 2.57. The Hall–Kier alpha value is -0.910. The molecule has 2 N–H and O–H groups in total. The number of benzene rings is 1. The molecule has 0 atom stereocenters. The lowest BCUT2D eigenvalue weighted by molar-refractivity contribution is 0.575. The van der Waals surface area contributed by atoms with Gasteiger partial charge in [0.15, 0.2) is 0 Å². The molecule has 0 aromatic heterocycles. The van der Waals surface area contributed by atoms with Crippen LogP contribution in [0.2, 0.25) is 0 Å². The van der Waals surface area contributed by atoms with Gasteiger partial charge in [0.05, 0.1) is 4.90 Å². The Kier molecular flexibility index (Phi) is 6.48. The van der Waals surface area contributed by atoms with Crippen molar-refractivity contribution in [3.05, 3.63) is 29.8 Å². The SMILES string of the molecule is CCCNCCNS(=O)(=O)c1ccc(C(C)C)cc1. The van der Waals surface area contributed by atoms with E-state index in [9.17, 15) is 8.42 Å². The van der Waals surface area contributed by atoms with Gasteiger partial charge in [0, 0.05) is 13.1 Å². The summed E-state index contributed by atoms with van der Waals surface area (Å²) in [5.41, 5.74) is 1.14. The van der Waals surface area contributed by atoms with Crippen LogP contribution < -0.4 is 10.0 Å². The minimum Gasteiger partial charge on any atom is -0.315 e. The van der Waals surface area contributed by atoms with Crippen molar-refractivity contribution in [3.63, 3.8) is 0 Å². The summed E-state index contributed by atoms with van der Waals surface area (Å²) in [7, 11) is -3.38. The number of rotatable bonds is 8. The quantitative estimate of drug-likeness (QED) is 0.719. The second-order valence-electron chi connectivity index (χ2n) is 4.87. The molecule has 0 unspecified atom stereocenters. The molecule has 1 aromatic rings. The number of hydrogen-bond donors (Lipinski definition) is 2. The van der Waals surface area contributed by atoms with Crippen LogP contribution in [0.3, 0.4) is 0 Å². The summed E-state index contributed by atoms with van der Waals surface area (Å²) >= 11 is 0. The van der Waals surface area contributed by atoms with E-state index in [1.165, 1.54) is 0 Å². The Labute approximate surface area is 116 Å². The van der Waals surface area contributed by atoms with E-state index in [-0.39, 0.29) is 0 Å². The zero-order chi connectivity index (χ0) is 14.3. The van der Waals surface area contributed by atoms with Crippen molar-refractivity contribution in [2.24, 2.45) is 0 Å². The fraction of sp³-hybridized carbons (Fsp3) is 0.571.